The first-order valence-electron chi connectivity index (χ1n) is 12.3. The highest BCUT2D eigenvalue weighted by atomic mass is 16.7. The predicted molar refractivity (Wildman–Crippen MR) is 135 cm³/mol. The fraction of sp³-hybridized carbons (Fsp3) is 0.407. The summed E-state index contributed by atoms with van der Waals surface area (Å²) in [4.78, 5) is 25.7. The number of aliphatic hydroxyl groups is 3. The average Bonchev–Trinajstić information content (AvgIpc) is 2.90. The van der Waals surface area contributed by atoms with Crippen LogP contribution in [-0.4, -0.2) is 98.2 Å². The lowest BCUT2D eigenvalue weighted by Gasteiger charge is -2.42. The molecule has 0 spiro atoms. The molecule has 0 aromatic heterocycles. The number of ether oxygens (including phenoxy) is 4. The molecule has 0 amide bonds. The Balaban J connectivity index is 1.84. The molecule has 1 fully saturated rings. The van der Waals surface area contributed by atoms with Crippen LogP contribution in [0, 0.1) is 0 Å². The van der Waals surface area contributed by atoms with Crippen LogP contribution < -0.4 is 0 Å². The highest BCUT2D eigenvalue weighted by Gasteiger charge is 2.50. The Labute approximate surface area is 229 Å². The number of aromatic hydroxyl groups is 4. The molecule has 0 bridgehead atoms. The SMILES string of the molecule is CC(=CCO)CO[C@@H]1O[C@H](CO)[C@@H](O)[C@H](OC(=O)Cc2ccc(O)c(O)c2)[C@H]1OC(=O)Cc1ccc(O)c(O)c1. The molecule has 0 unspecified atom stereocenters. The fourth-order valence-corrected chi connectivity index (χ4v) is 3.94. The van der Waals surface area contributed by atoms with E-state index in [0.29, 0.717) is 5.57 Å². The van der Waals surface area contributed by atoms with Crippen molar-refractivity contribution >= 4 is 11.9 Å². The number of phenolic OH excluding ortho intramolecular Hbond substituents is 4. The van der Waals surface area contributed by atoms with Crippen molar-refractivity contribution in [2.45, 2.75) is 50.5 Å². The summed E-state index contributed by atoms with van der Waals surface area (Å²) in [5.41, 5.74) is 1.15. The van der Waals surface area contributed by atoms with Gasteiger partial charge in [0, 0.05) is 0 Å². The van der Waals surface area contributed by atoms with E-state index in [1.54, 1.807) is 6.92 Å². The minimum absolute atomic E-state index is 0.104. The summed E-state index contributed by atoms with van der Waals surface area (Å²) in [5, 5.41) is 68.2. The monoisotopic (exact) mass is 564 g/mol. The number of esters is 2. The molecule has 5 atom stereocenters. The Hall–Kier alpha value is -3.88. The highest BCUT2D eigenvalue weighted by molar-refractivity contribution is 5.74. The van der Waals surface area contributed by atoms with Crippen molar-refractivity contribution in [2.75, 3.05) is 19.8 Å². The van der Waals surface area contributed by atoms with Crippen molar-refractivity contribution in [3.63, 3.8) is 0 Å². The van der Waals surface area contributed by atoms with Crippen LogP contribution in [0.15, 0.2) is 48.0 Å². The molecule has 1 aliphatic rings. The van der Waals surface area contributed by atoms with Crippen molar-refractivity contribution in [1.29, 1.82) is 0 Å². The minimum Gasteiger partial charge on any atom is -0.504 e. The van der Waals surface area contributed by atoms with Crippen molar-refractivity contribution in [2.24, 2.45) is 0 Å². The molecule has 1 saturated heterocycles. The van der Waals surface area contributed by atoms with E-state index in [1.165, 1.54) is 30.3 Å². The van der Waals surface area contributed by atoms with Crippen LogP contribution in [0.4, 0.5) is 0 Å². The maximum absolute atomic E-state index is 12.9. The second kappa shape index (κ2) is 14.0. The molecule has 2 aromatic rings. The van der Waals surface area contributed by atoms with E-state index in [9.17, 15) is 40.2 Å². The van der Waals surface area contributed by atoms with Gasteiger partial charge >= 0.3 is 11.9 Å². The summed E-state index contributed by atoms with van der Waals surface area (Å²) >= 11 is 0. The third-order valence-electron chi connectivity index (χ3n) is 6.03. The topological polar surface area (TPSA) is 213 Å². The van der Waals surface area contributed by atoms with E-state index >= 15 is 0 Å². The van der Waals surface area contributed by atoms with Gasteiger partial charge in [0.05, 0.1) is 32.7 Å². The predicted octanol–water partition coefficient (Wildman–Crippen LogP) is 0.151. The number of phenols is 4. The lowest BCUT2D eigenvalue weighted by molar-refractivity contribution is -0.304. The number of rotatable bonds is 11. The lowest BCUT2D eigenvalue weighted by Crippen LogP contribution is -2.62. The molecule has 0 aliphatic carbocycles. The van der Waals surface area contributed by atoms with E-state index in [0.717, 1.165) is 12.1 Å². The highest BCUT2D eigenvalue weighted by Crippen LogP contribution is 2.30. The van der Waals surface area contributed by atoms with Gasteiger partial charge in [-0.25, -0.2) is 0 Å². The smallest absolute Gasteiger partial charge is 0.310 e. The normalized spacial score (nSPS) is 23.0. The molecule has 0 saturated carbocycles. The molecule has 218 valence electrons. The Morgan fingerprint density at radius 3 is 1.85 bits per heavy atom. The van der Waals surface area contributed by atoms with Crippen LogP contribution in [0.25, 0.3) is 0 Å². The summed E-state index contributed by atoms with van der Waals surface area (Å²) in [7, 11) is 0. The van der Waals surface area contributed by atoms with E-state index in [-0.39, 0.29) is 48.7 Å². The Kier molecular flexibility index (Phi) is 10.7. The van der Waals surface area contributed by atoms with Gasteiger partial charge < -0.3 is 54.7 Å². The molecule has 0 radical (unpaired) electrons. The van der Waals surface area contributed by atoms with Crippen LogP contribution in [0.5, 0.6) is 23.0 Å². The van der Waals surface area contributed by atoms with Gasteiger partial charge in [0.2, 0.25) is 0 Å². The summed E-state index contributed by atoms with van der Waals surface area (Å²) in [6.45, 7) is 0.594. The molecule has 40 heavy (non-hydrogen) atoms. The van der Waals surface area contributed by atoms with Crippen molar-refractivity contribution < 1.29 is 64.3 Å². The number of aliphatic hydroxyl groups excluding tert-OH is 3. The van der Waals surface area contributed by atoms with Crippen molar-refractivity contribution in [3.8, 4) is 23.0 Å². The van der Waals surface area contributed by atoms with Crippen LogP contribution >= 0.6 is 0 Å². The summed E-state index contributed by atoms with van der Waals surface area (Å²) < 4.78 is 22.4. The van der Waals surface area contributed by atoms with Crippen LogP contribution in [0.3, 0.4) is 0 Å². The standard InChI is InChI=1S/C27H32O13/c1-14(6-7-28)13-37-27-26(40-23(35)11-16-3-5-18(31)20(33)9-16)25(24(36)21(12-29)38-27)39-22(34)10-15-2-4-17(30)19(32)8-15/h2-6,8-9,21,24-33,36H,7,10-13H2,1H3/t21-,24-,25+,26-,27-/m1/s1. The zero-order chi connectivity index (χ0) is 29.4. The van der Waals surface area contributed by atoms with Crippen LogP contribution in [0.1, 0.15) is 18.1 Å². The van der Waals surface area contributed by atoms with E-state index < -0.39 is 60.8 Å². The maximum atomic E-state index is 12.9. The van der Waals surface area contributed by atoms with Gasteiger partial charge in [0.25, 0.3) is 0 Å². The first kappa shape index (κ1) is 30.7. The Bertz CT molecular complexity index is 1210. The average molecular weight is 565 g/mol. The van der Waals surface area contributed by atoms with Crippen molar-refractivity contribution in [1.82, 2.24) is 0 Å². The second-order valence-corrected chi connectivity index (χ2v) is 9.17. The fourth-order valence-electron chi connectivity index (χ4n) is 3.94. The van der Waals surface area contributed by atoms with E-state index in [1.807, 2.05) is 0 Å². The Morgan fingerprint density at radius 1 is 0.850 bits per heavy atom. The number of carbonyl (C=O) groups excluding carboxylic acids is 2. The number of carbonyl (C=O) groups is 2. The van der Waals surface area contributed by atoms with Crippen LogP contribution in [0.2, 0.25) is 0 Å². The zero-order valence-electron chi connectivity index (χ0n) is 21.5. The Morgan fingerprint density at radius 2 is 1.38 bits per heavy atom. The minimum atomic E-state index is -1.65. The molecular weight excluding hydrogens is 532 g/mol. The number of hydrogen-bond donors (Lipinski definition) is 7. The molecule has 2 aromatic carbocycles. The van der Waals surface area contributed by atoms with E-state index in [2.05, 4.69) is 0 Å². The van der Waals surface area contributed by atoms with Gasteiger partial charge in [-0.15, -0.1) is 0 Å². The summed E-state index contributed by atoms with van der Waals surface area (Å²) in [6, 6.07) is 7.43. The number of benzene rings is 2. The van der Waals surface area contributed by atoms with Gasteiger partial charge in [-0.1, -0.05) is 18.2 Å². The number of hydrogen-bond acceptors (Lipinski definition) is 13. The first-order valence-corrected chi connectivity index (χ1v) is 12.3. The largest absolute Gasteiger partial charge is 0.504 e. The third-order valence-corrected chi connectivity index (χ3v) is 6.03. The molecule has 3 rings (SSSR count). The quantitative estimate of drug-likeness (QED) is 0.110. The van der Waals surface area contributed by atoms with E-state index in [4.69, 9.17) is 24.1 Å². The molecule has 1 aliphatic heterocycles. The lowest BCUT2D eigenvalue weighted by atomic mass is 9.98. The zero-order valence-corrected chi connectivity index (χ0v) is 21.5. The van der Waals surface area contributed by atoms with Crippen molar-refractivity contribution in [3.05, 3.63) is 59.2 Å². The summed E-state index contributed by atoms with van der Waals surface area (Å²) in [6.07, 6.45) is -6.74. The maximum Gasteiger partial charge on any atom is 0.310 e. The van der Waals surface area contributed by atoms with Gasteiger partial charge in [-0.2, -0.15) is 0 Å². The van der Waals surface area contributed by atoms with Gasteiger partial charge in [-0.3, -0.25) is 9.59 Å². The summed E-state index contributed by atoms with van der Waals surface area (Å²) in [5.74, 6) is -3.45. The van der Waals surface area contributed by atoms with Gasteiger partial charge in [-0.05, 0) is 47.9 Å². The second-order valence-electron chi connectivity index (χ2n) is 9.17. The molecule has 13 nitrogen and oxygen atoms in total. The van der Waals surface area contributed by atoms with Gasteiger partial charge in [0.15, 0.2) is 41.5 Å². The van der Waals surface area contributed by atoms with Crippen LogP contribution in [-0.2, 0) is 41.4 Å². The third kappa shape index (κ3) is 8.07. The molecule has 1 heterocycles. The molecular formula is C27H32O13. The first-order chi connectivity index (χ1) is 19.0. The molecule has 13 heteroatoms. The molecule has 7 N–H and O–H groups in total. The van der Waals surface area contributed by atoms with Gasteiger partial charge in [0.1, 0.15) is 12.2 Å².